The van der Waals surface area contributed by atoms with Crippen LogP contribution >= 0.6 is 15.9 Å². The first kappa shape index (κ1) is 12.4. The number of hydrogen-bond donors (Lipinski definition) is 1. The first-order chi connectivity index (χ1) is 5.91. The first-order valence-corrected chi connectivity index (χ1v) is 5.37. The molecular formula is C8H18BrNO2. The van der Waals surface area contributed by atoms with Gasteiger partial charge in [-0.15, -0.1) is 0 Å². The van der Waals surface area contributed by atoms with E-state index < -0.39 is 0 Å². The van der Waals surface area contributed by atoms with Crippen molar-refractivity contribution in [3.8, 4) is 0 Å². The summed E-state index contributed by atoms with van der Waals surface area (Å²) < 4.78 is 10.1. The molecule has 0 aromatic heterocycles. The van der Waals surface area contributed by atoms with Crippen LogP contribution in [0.15, 0.2) is 0 Å². The van der Waals surface area contributed by atoms with E-state index in [1.54, 1.807) is 7.11 Å². The maximum absolute atomic E-state index is 5.28. The first-order valence-electron chi connectivity index (χ1n) is 4.25. The van der Waals surface area contributed by atoms with Gasteiger partial charge in [0.1, 0.15) is 0 Å². The van der Waals surface area contributed by atoms with Crippen molar-refractivity contribution in [2.24, 2.45) is 0 Å². The van der Waals surface area contributed by atoms with Gasteiger partial charge in [0.15, 0.2) is 0 Å². The molecule has 0 saturated heterocycles. The minimum atomic E-state index is 0.689. The lowest BCUT2D eigenvalue weighted by Crippen LogP contribution is -2.19. The minimum Gasteiger partial charge on any atom is -0.382 e. The van der Waals surface area contributed by atoms with Crippen molar-refractivity contribution in [1.82, 2.24) is 5.32 Å². The Morgan fingerprint density at radius 1 is 1.17 bits per heavy atom. The van der Waals surface area contributed by atoms with Gasteiger partial charge < -0.3 is 14.8 Å². The molecule has 74 valence electrons. The molecule has 0 amide bonds. The molecule has 0 bridgehead atoms. The van der Waals surface area contributed by atoms with Gasteiger partial charge in [0.05, 0.1) is 13.2 Å². The number of nitrogens with one attached hydrogen (secondary N) is 1. The van der Waals surface area contributed by atoms with Gasteiger partial charge in [-0.3, -0.25) is 0 Å². The van der Waals surface area contributed by atoms with Crippen molar-refractivity contribution in [2.75, 3.05) is 45.4 Å². The second-order valence-corrected chi connectivity index (χ2v) is 3.19. The Bertz CT molecular complexity index is 73.5. The van der Waals surface area contributed by atoms with Crippen LogP contribution < -0.4 is 5.32 Å². The molecule has 0 atom stereocenters. The predicted octanol–water partition coefficient (Wildman–Crippen LogP) is 1.02. The second-order valence-electron chi connectivity index (χ2n) is 2.40. The molecule has 0 rings (SSSR count). The van der Waals surface area contributed by atoms with E-state index in [-0.39, 0.29) is 0 Å². The zero-order valence-electron chi connectivity index (χ0n) is 7.64. The average molecular weight is 240 g/mol. The number of ether oxygens (including phenoxy) is 2. The van der Waals surface area contributed by atoms with Crippen LogP contribution in [-0.4, -0.2) is 45.4 Å². The summed E-state index contributed by atoms with van der Waals surface area (Å²) in [5, 5.41) is 4.28. The molecule has 0 spiro atoms. The highest BCUT2D eigenvalue weighted by Gasteiger charge is 1.88. The fourth-order valence-corrected chi connectivity index (χ4v) is 1.02. The van der Waals surface area contributed by atoms with Gasteiger partial charge in [-0.2, -0.15) is 0 Å². The fraction of sp³-hybridized carbons (Fsp3) is 1.00. The van der Waals surface area contributed by atoms with Crippen molar-refractivity contribution < 1.29 is 9.47 Å². The summed E-state index contributed by atoms with van der Waals surface area (Å²) in [4.78, 5) is 0. The Labute approximate surface area is 82.9 Å². The third kappa shape index (κ3) is 10.4. The van der Waals surface area contributed by atoms with Gasteiger partial charge in [-0.25, -0.2) is 0 Å². The van der Waals surface area contributed by atoms with Crippen LogP contribution in [0.3, 0.4) is 0 Å². The quantitative estimate of drug-likeness (QED) is 0.482. The molecule has 0 heterocycles. The molecule has 12 heavy (non-hydrogen) atoms. The largest absolute Gasteiger partial charge is 0.382 e. The summed E-state index contributed by atoms with van der Waals surface area (Å²) in [7, 11) is 1.68. The van der Waals surface area contributed by atoms with Gasteiger partial charge >= 0.3 is 0 Å². The maximum atomic E-state index is 5.28. The molecule has 1 N–H and O–H groups in total. The molecular weight excluding hydrogens is 222 g/mol. The van der Waals surface area contributed by atoms with Gasteiger partial charge in [-0.05, 0) is 13.0 Å². The summed E-state index contributed by atoms with van der Waals surface area (Å²) in [5.41, 5.74) is 0. The van der Waals surface area contributed by atoms with Gasteiger partial charge in [0.25, 0.3) is 0 Å². The molecule has 0 aliphatic rings. The van der Waals surface area contributed by atoms with E-state index in [9.17, 15) is 0 Å². The van der Waals surface area contributed by atoms with Crippen LogP contribution in [0.4, 0.5) is 0 Å². The van der Waals surface area contributed by atoms with Crippen molar-refractivity contribution in [1.29, 1.82) is 0 Å². The number of halogens is 1. The van der Waals surface area contributed by atoms with E-state index >= 15 is 0 Å². The van der Waals surface area contributed by atoms with E-state index in [0.717, 1.165) is 31.4 Å². The summed E-state index contributed by atoms with van der Waals surface area (Å²) in [6.45, 7) is 4.26. The third-order valence-electron chi connectivity index (χ3n) is 1.35. The van der Waals surface area contributed by atoms with Crippen molar-refractivity contribution in [3.63, 3.8) is 0 Å². The van der Waals surface area contributed by atoms with E-state index in [2.05, 4.69) is 21.2 Å². The summed E-state index contributed by atoms with van der Waals surface area (Å²) >= 11 is 3.34. The molecule has 3 nitrogen and oxygen atoms in total. The van der Waals surface area contributed by atoms with Crippen LogP contribution in [0, 0.1) is 0 Å². The Morgan fingerprint density at radius 2 is 2.00 bits per heavy atom. The molecule has 0 fully saturated rings. The highest BCUT2D eigenvalue weighted by atomic mass is 79.9. The lowest BCUT2D eigenvalue weighted by Gasteiger charge is -2.03. The smallest absolute Gasteiger partial charge is 0.0700 e. The van der Waals surface area contributed by atoms with Gasteiger partial charge in [-0.1, -0.05) is 15.9 Å². The van der Waals surface area contributed by atoms with Crippen molar-refractivity contribution in [3.05, 3.63) is 0 Å². The van der Waals surface area contributed by atoms with Crippen molar-refractivity contribution in [2.45, 2.75) is 6.42 Å². The standard InChI is InChI=1S/C8H18BrNO2/c1-11-7-8-12-6-2-4-10-5-3-9/h10H,2-8H2,1H3. The zero-order chi connectivity index (χ0) is 9.07. The predicted molar refractivity (Wildman–Crippen MR) is 54.0 cm³/mol. The van der Waals surface area contributed by atoms with Gasteiger partial charge in [0, 0.05) is 25.6 Å². The number of rotatable bonds is 9. The maximum Gasteiger partial charge on any atom is 0.0700 e. The van der Waals surface area contributed by atoms with Crippen LogP contribution in [0.2, 0.25) is 0 Å². The summed E-state index contributed by atoms with van der Waals surface area (Å²) in [6.07, 6.45) is 1.07. The number of methoxy groups -OCH3 is 1. The zero-order valence-corrected chi connectivity index (χ0v) is 9.23. The molecule has 0 aliphatic carbocycles. The fourth-order valence-electron chi connectivity index (χ4n) is 0.735. The normalized spacial score (nSPS) is 10.5. The highest BCUT2D eigenvalue weighted by molar-refractivity contribution is 9.09. The summed E-state index contributed by atoms with van der Waals surface area (Å²) in [5.74, 6) is 0. The molecule has 0 unspecified atom stereocenters. The topological polar surface area (TPSA) is 30.5 Å². The van der Waals surface area contributed by atoms with Crippen molar-refractivity contribution >= 4 is 15.9 Å². The van der Waals surface area contributed by atoms with E-state index in [1.807, 2.05) is 0 Å². The number of alkyl halides is 1. The minimum absolute atomic E-state index is 0.689. The Morgan fingerprint density at radius 3 is 2.67 bits per heavy atom. The van der Waals surface area contributed by atoms with Crippen LogP contribution in [0.1, 0.15) is 6.42 Å². The van der Waals surface area contributed by atoms with Gasteiger partial charge in [0.2, 0.25) is 0 Å². The molecule has 0 aromatic carbocycles. The van der Waals surface area contributed by atoms with E-state index in [1.165, 1.54) is 0 Å². The van der Waals surface area contributed by atoms with Crippen LogP contribution in [-0.2, 0) is 9.47 Å². The Kier molecular flexibility index (Phi) is 11.7. The van der Waals surface area contributed by atoms with E-state index in [0.29, 0.717) is 13.2 Å². The second kappa shape index (κ2) is 11.4. The molecule has 0 aromatic rings. The lowest BCUT2D eigenvalue weighted by molar-refractivity contribution is 0.0695. The third-order valence-corrected chi connectivity index (χ3v) is 1.74. The SMILES string of the molecule is COCCOCCCNCCBr. The highest BCUT2D eigenvalue weighted by Crippen LogP contribution is 1.82. The van der Waals surface area contributed by atoms with Crippen LogP contribution in [0.25, 0.3) is 0 Å². The molecule has 0 saturated carbocycles. The van der Waals surface area contributed by atoms with Crippen LogP contribution in [0.5, 0.6) is 0 Å². The number of hydrogen-bond acceptors (Lipinski definition) is 3. The van der Waals surface area contributed by atoms with E-state index in [4.69, 9.17) is 9.47 Å². The molecule has 0 radical (unpaired) electrons. The Hall–Kier alpha value is 0.360. The molecule has 4 heteroatoms. The molecule has 0 aliphatic heterocycles. The lowest BCUT2D eigenvalue weighted by atomic mass is 10.4. The Balaban J connectivity index is 2.73. The summed E-state index contributed by atoms with van der Waals surface area (Å²) in [6, 6.07) is 0. The monoisotopic (exact) mass is 239 g/mol. The average Bonchev–Trinajstić information content (AvgIpc) is 2.10.